The molecule has 0 aliphatic heterocycles. The molecule has 3 heteroatoms. The fraction of sp³-hybridized carbons (Fsp3) is 0.188. The summed E-state index contributed by atoms with van der Waals surface area (Å²) in [5, 5.41) is 0. The molecule has 0 unspecified atom stereocenters. The molecule has 0 bridgehead atoms. The topological polar surface area (TPSA) is 43.1 Å². The van der Waals surface area contributed by atoms with E-state index in [0.717, 1.165) is 11.1 Å². The maximum Gasteiger partial charge on any atom is 0.167 e. The fourth-order valence-corrected chi connectivity index (χ4v) is 1.90. The van der Waals surface area contributed by atoms with Crippen molar-refractivity contribution >= 4 is 11.5 Å². The van der Waals surface area contributed by atoms with Gasteiger partial charge in [0.2, 0.25) is 0 Å². The minimum absolute atomic E-state index is 0.0581. The highest BCUT2D eigenvalue weighted by Crippen LogP contribution is 2.16. The SMILES string of the molecule is Cc1ccc(CC(=O)c2ccc(N)c(F)c2)cc1C. The summed E-state index contributed by atoms with van der Waals surface area (Å²) in [6, 6.07) is 10.1. The number of Topliss-reactive ketones (excluding diaryl/α,β-unsaturated/α-hetero) is 1. The van der Waals surface area contributed by atoms with Crippen LogP contribution in [-0.4, -0.2) is 5.78 Å². The van der Waals surface area contributed by atoms with Crippen molar-refractivity contribution in [2.45, 2.75) is 20.3 Å². The van der Waals surface area contributed by atoms with Gasteiger partial charge >= 0.3 is 0 Å². The zero-order chi connectivity index (χ0) is 14.0. The summed E-state index contributed by atoms with van der Waals surface area (Å²) < 4.78 is 13.3. The van der Waals surface area contributed by atoms with Crippen LogP contribution >= 0.6 is 0 Å². The summed E-state index contributed by atoms with van der Waals surface area (Å²) in [5.74, 6) is -0.659. The van der Waals surface area contributed by atoms with Crippen LogP contribution in [0.25, 0.3) is 0 Å². The minimum atomic E-state index is -0.550. The van der Waals surface area contributed by atoms with Crippen molar-refractivity contribution in [2.24, 2.45) is 0 Å². The first-order valence-corrected chi connectivity index (χ1v) is 6.11. The number of ketones is 1. The first-order chi connectivity index (χ1) is 8.97. The number of carbonyl (C=O) groups is 1. The van der Waals surface area contributed by atoms with Gasteiger partial charge in [-0.1, -0.05) is 18.2 Å². The van der Waals surface area contributed by atoms with Crippen molar-refractivity contribution in [1.82, 2.24) is 0 Å². The Labute approximate surface area is 112 Å². The smallest absolute Gasteiger partial charge is 0.167 e. The molecule has 2 N–H and O–H groups in total. The maximum atomic E-state index is 13.3. The van der Waals surface area contributed by atoms with Crippen molar-refractivity contribution in [2.75, 3.05) is 5.73 Å². The Kier molecular flexibility index (Phi) is 3.65. The first-order valence-electron chi connectivity index (χ1n) is 6.11. The van der Waals surface area contributed by atoms with E-state index in [9.17, 15) is 9.18 Å². The lowest BCUT2D eigenvalue weighted by Gasteiger charge is -2.06. The average molecular weight is 257 g/mol. The molecule has 0 aromatic heterocycles. The van der Waals surface area contributed by atoms with Gasteiger partial charge in [-0.3, -0.25) is 4.79 Å². The van der Waals surface area contributed by atoms with E-state index in [1.807, 2.05) is 32.0 Å². The number of halogens is 1. The van der Waals surface area contributed by atoms with Crippen LogP contribution in [0, 0.1) is 19.7 Å². The second-order valence-corrected chi connectivity index (χ2v) is 4.75. The molecule has 2 aromatic carbocycles. The number of rotatable bonds is 3. The zero-order valence-electron chi connectivity index (χ0n) is 11.0. The van der Waals surface area contributed by atoms with Crippen molar-refractivity contribution in [3.8, 4) is 0 Å². The van der Waals surface area contributed by atoms with Gasteiger partial charge in [0.05, 0.1) is 5.69 Å². The van der Waals surface area contributed by atoms with E-state index in [0.29, 0.717) is 5.56 Å². The van der Waals surface area contributed by atoms with E-state index in [1.54, 1.807) is 6.07 Å². The van der Waals surface area contributed by atoms with Crippen LogP contribution in [0.4, 0.5) is 10.1 Å². The minimum Gasteiger partial charge on any atom is -0.396 e. The lowest BCUT2D eigenvalue weighted by molar-refractivity contribution is 0.0992. The number of anilines is 1. The molecule has 0 saturated heterocycles. The molecule has 0 heterocycles. The zero-order valence-corrected chi connectivity index (χ0v) is 11.0. The Hall–Kier alpha value is -2.16. The highest BCUT2D eigenvalue weighted by molar-refractivity contribution is 5.97. The summed E-state index contributed by atoms with van der Waals surface area (Å²) >= 11 is 0. The van der Waals surface area contributed by atoms with E-state index in [2.05, 4.69) is 0 Å². The molecule has 0 spiro atoms. The van der Waals surface area contributed by atoms with Gasteiger partial charge in [-0.05, 0) is 48.7 Å². The van der Waals surface area contributed by atoms with Gasteiger partial charge in [0.15, 0.2) is 5.78 Å². The van der Waals surface area contributed by atoms with Gasteiger partial charge in [0.25, 0.3) is 0 Å². The van der Waals surface area contributed by atoms with Crippen LogP contribution in [0.3, 0.4) is 0 Å². The molecule has 0 aliphatic carbocycles. The number of nitrogens with two attached hydrogens (primary N) is 1. The molecule has 2 rings (SSSR count). The lowest BCUT2D eigenvalue weighted by atomic mass is 9.99. The van der Waals surface area contributed by atoms with E-state index in [1.165, 1.54) is 17.7 Å². The van der Waals surface area contributed by atoms with E-state index in [-0.39, 0.29) is 17.9 Å². The summed E-state index contributed by atoms with van der Waals surface area (Å²) in [7, 11) is 0. The van der Waals surface area contributed by atoms with Gasteiger partial charge in [-0.15, -0.1) is 0 Å². The number of hydrogen-bond acceptors (Lipinski definition) is 2. The van der Waals surface area contributed by atoms with Crippen LogP contribution in [0.1, 0.15) is 27.0 Å². The van der Waals surface area contributed by atoms with Crippen LogP contribution < -0.4 is 5.73 Å². The third-order valence-corrected chi connectivity index (χ3v) is 3.26. The number of carbonyl (C=O) groups excluding carboxylic acids is 1. The van der Waals surface area contributed by atoms with Gasteiger partial charge in [-0.2, -0.15) is 0 Å². The van der Waals surface area contributed by atoms with E-state index in [4.69, 9.17) is 5.73 Å². The molecule has 19 heavy (non-hydrogen) atoms. The first kappa shape index (κ1) is 13.3. The lowest BCUT2D eigenvalue weighted by Crippen LogP contribution is -2.05. The Morgan fingerprint density at radius 3 is 2.47 bits per heavy atom. The number of benzene rings is 2. The second-order valence-electron chi connectivity index (χ2n) is 4.75. The normalized spacial score (nSPS) is 10.5. The molecule has 0 fully saturated rings. The second kappa shape index (κ2) is 5.22. The molecule has 0 aliphatic rings. The molecule has 98 valence electrons. The largest absolute Gasteiger partial charge is 0.396 e. The van der Waals surface area contributed by atoms with Crippen LogP contribution in [0.15, 0.2) is 36.4 Å². The quantitative estimate of drug-likeness (QED) is 0.676. The Balaban J connectivity index is 2.20. The fourth-order valence-electron chi connectivity index (χ4n) is 1.90. The predicted molar refractivity (Wildman–Crippen MR) is 74.8 cm³/mol. The molecule has 0 radical (unpaired) electrons. The molecule has 2 nitrogen and oxygen atoms in total. The summed E-state index contributed by atoms with van der Waals surface area (Å²) in [5.41, 5.74) is 9.07. The molecule has 0 atom stereocenters. The number of hydrogen-bond donors (Lipinski definition) is 1. The van der Waals surface area contributed by atoms with Gasteiger partial charge in [0.1, 0.15) is 5.82 Å². The summed E-state index contributed by atoms with van der Waals surface area (Å²) in [4.78, 5) is 12.1. The number of nitrogen functional groups attached to an aromatic ring is 1. The molecule has 0 saturated carbocycles. The summed E-state index contributed by atoms with van der Waals surface area (Å²) in [6.07, 6.45) is 0.268. The Morgan fingerprint density at radius 2 is 1.84 bits per heavy atom. The van der Waals surface area contributed by atoms with Crippen molar-refractivity contribution < 1.29 is 9.18 Å². The van der Waals surface area contributed by atoms with Crippen LogP contribution in [0.2, 0.25) is 0 Å². The maximum absolute atomic E-state index is 13.3. The highest BCUT2D eigenvalue weighted by atomic mass is 19.1. The van der Waals surface area contributed by atoms with Crippen LogP contribution in [0.5, 0.6) is 0 Å². The van der Waals surface area contributed by atoms with Crippen molar-refractivity contribution in [3.63, 3.8) is 0 Å². The Bertz CT molecular complexity index is 635. The third-order valence-electron chi connectivity index (χ3n) is 3.26. The average Bonchev–Trinajstić information content (AvgIpc) is 2.37. The van der Waals surface area contributed by atoms with Gasteiger partial charge in [-0.25, -0.2) is 4.39 Å². The third kappa shape index (κ3) is 2.99. The van der Waals surface area contributed by atoms with Gasteiger partial charge < -0.3 is 5.73 Å². The molecule has 0 amide bonds. The van der Waals surface area contributed by atoms with Crippen LogP contribution in [-0.2, 0) is 6.42 Å². The number of aryl methyl sites for hydroxylation is 2. The van der Waals surface area contributed by atoms with E-state index < -0.39 is 5.82 Å². The van der Waals surface area contributed by atoms with Crippen molar-refractivity contribution in [1.29, 1.82) is 0 Å². The van der Waals surface area contributed by atoms with Gasteiger partial charge in [0, 0.05) is 12.0 Å². The van der Waals surface area contributed by atoms with E-state index >= 15 is 0 Å². The molecular weight excluding hydrogens is 241 g/mol. The highest BCUT2D eigenvalue weighted by Gasteiger charge is 2.10. The summed E-state index contributed by atoms with van der Waals surface area (Å²) in [6.45, 7) is 4.03. The Morgan fingerprint density at radius 1 is 1.11 bits per heavy atom. The van der Waals surface area contributed by atoms with Crippen molar-refractivity contribution in [3.05, 3.63) is 64.5 Å². The standard InChI is InChI=1S/C16H16FNO/c1-10-3-4-12(7-11(10)2)8-16(19)13-5-6-15(18)14(17)9-13/h3-7,9H,8,18H2,1-2H3. The molecular formula is C16H16FNO. The monoisotopic (exact) mass is 257 g/mol. The molecule has 2 aromatic rings. The predicted octanol–water partition coefficient (Wildman–Crippen LogP) is 3.45.